The zero-order valence-electron chi connectivity index (χ0n) is 7.83. The molecule has 0 saturated heterocycles. The second kappa shape index (κ2) is 3.95. The summed E-state index contributed by atoms with van der Waals surface area (Å²) in [6, 6.07) is 12.1. The number of pyridine rings is 2. The van der Waals surface area contributed by atoms with E-state index in [1.807, 2.05) is 12.1 Å². The molecular weight excluding hydrogens is 231 g/mol. The van der Waals surface area contributed by atoms with Crippen LogP contribution in [0.4, 0.5) is 0 Å². The van der Waals surface area contributed by atoms with Crippen molar-refractivity contribution in [2.75, 3.05) is 0 Å². The van der Waals surface area contributed by atoms with Crippen molar-refractivity contribution in [3.63, 3.8) is 0 Å². The summed E-state index contributed by atoms with van der Waals surface area (Å²) in [6.45, 7) is 0. The van der Waals surface area contributed by atoms with Gasteiger partial charge in [0.05, 0.1) is 11.0 Å². The third-order valence-corrected chi connectivity index (χ3v) is 2.34. The maximum atomic E-state index is 4.35. The minimum absolute atomic E-state index is 0. The van der Waals surface area contributed by atoms with Crippen molar-refractivity contribution in [1.82, 2.24) is 9.97 Å². The van der Waals surface area contributed by atoms with Gasteiger partial charge >= 0.3 is 0 Å². The zero-order chi connectivity index (χ0) is 9.38. The summed E-state index contributed by atoms with van der Waals surface area (Å²) in [5.74, 6) is 0. The predicted octanol–water partition coefficient (Wildman–Crippen LogP) is 2.78. The molecule has 0 atom stereocenters. The van der Waals surface area contributed by atoms with Gasteiger partial charge in [-0.15, -0.1) is 0 Å². The van der Waals surface area contributed by atoms with Crippen molar-refractivity contribution < 1.29 is 16.5 Å². The van der Waals surface area contributed by atoms with Gasteiger partial charge in [-0.1, -0.05) is 24.3 Å². The van der Waals surface area contributed by atoms with Gasteiger partial charge in [0.25, 0.3) is 0 Å². The van der Waals surface area contributed by atoms with Gasteiger partial charge < -0.3 is 0 Å². The molecule has 2 nitrogen and oxygen atoms in total. The topological polar surface area (TPSA) is 25.8 Å². The summed E-state index contributed by atoms with van der Waals surface area (Å²) in [7, 11) is 0. The second-order valence-corrected chi connectivity index (χ2v) is 3.22. The van der Waals surface area contributed by atoms with E-state index in [9.17, 15) is 0 Å². The number of nitrogens with zero attached hydrogens (tertiary/aromatic N) is 2. The first kappa shape index (κ1) is 10.1. The minimum Gasteiger partial charge on any atom is -0.254 e. The van der Waals surface area contributed by atoms with Gasteiger partial charge in [-0.2, -0.15) is 0 Å². The fourth-order valence-corrected chi connectivity index (χ4v) is 1.68. The summed E-state index contributed by atoms with van der Waals surface area (Å²) >= 11 is 0. The third kappa shape index (κ3) is 1.59. The second-order valence-electron chi connectivity index (χ2n) is 3.22. The summed E-state index contributed by atoms with van der Waals surface area (Å²) in [5, 5.41) is 2.28. The van der Waals surface area contributed by atoms with Crippen molar-refractivity contribution in [3.8, 4) is 0 Å². The molecule has 76 valence electrons. The Balaban J connectivity index is 0.000000853. The first-order valence-corrected chi connectivity index (χ1v) is 4.53. The number of benzene rings is 1. The maximum absolute atomic E-state index is 4.35. The van der Waals surface area contributed by atoms with Gasteiger partial charge in [0.1, 0.15) is 0 Å². The normalized spacial score (nSPS) is 10.1. The molecule has 0 amide bonds. The number of fused-ring (bicyclic) bond motifs is 3. The first-order valence-electron chi connectivity index (χ1n) is 4.53. The van der Waals surface area contributed by atoms with Gasteiger partial charge in [0, 0.05) is 39.7 Å². The van der Waals surface area contributed by atoms with E-state index < -0.39 is 0 Å². The maximum Gasteiger partial charge on any atom is 0.0964 e. The van der Waals surface area contributed by atoms with E-state index in [4.69, 9.17) is 0 Å². The fraction of sp³-hybridized carbons (Fsp3) is 0. The Hall–Kier alpha value is -1.47. The molecule has 0 aliphatic carbocycles. The number of hydrogen-bond donors (Lipinski definition) is 0. The Bertz CT molecular complexity index is 553. The number of rotatable bonds is 0. The molecule has 1 aromatic carbocycles. The van der Waals surface area contributed by atoms with Crippen LogP contribution in [0, 0.1) is 0 Å². The van der Waals surface area contributed by atoms with E-state index in [-0.39, 0.29) is 16.5 Å². The van der Waals surface area contributed by atoms with E-state index in [1.165, 1.54) is 0 Å². The molecule has 3 heteroatoms. The van der Waals surface area contributed by atoms with Gasteiger partial charge in [-0.05, 0) is 12.1 Å². The summed E-state index contributed by atoms with van der Waals surface area (Å²) in [5.41, 5.74) is 1.95. The largest absolute Gasteiger partial charge is 0.254 e. The Morgan fingerprint density at radius 2 is 1.13 bits per heavy atom. The Morgan fingerprint density at radius 3 is 1.60 bits per heavy atom. The Morgan fingerprint density at radius 1 is 0.667 bits per heavy atom. The zero-order valence-corrected chi connectivity index (χ0v) is 8.82. The Kier molecular flexibility index (Phi) is 2.65. The van der Waals surface area contributed by atoms with Crippen LogP contribution in [0.5, 0.6) is 0 Å². The monoisotopic (exact) mass is 238 g/mol. The quantitative estimate of drug-likeness (QED) is 0.445. The van der Waals surface area contributed by atoms with E-state index in [0.717, 1.165) is 21.8 Å². The molecule has 3 aromatic rings. The number of aromatic nitrogens is 2. The SMILES string of the molecule is [Ni].c1cnc2c(c1)ccc1cccnc12. The van der Waals surface area contributed by atoms with Crippen LogP contribution in [0.3, 0.4) is 0 Å². The van der Waals surface area contributed by atoms with Crippen LogP contribution in [0.25, 0.3) is 21.8 Å². The van der Waals surface area contributed by atoms with E-state index in [1.54, 1.807) is 12.4 Å². The minimum atomic E-state index is 0. The molecule has 0 spiro atoms. The van der Waals surface area contributed by atoms with Crippen molar-refractivity contribution in [2.45, 2.75) is 0 Å². The van der Waals surface area contributed by atoms with Gasteiger partial charge in [-0.25, -0.2) is 0 Å². The molecule has 0 aliphatic heterocycles. The fourth-order valence-electron chi connectivity index (χ4n) is 1.68. The molecule has 0 saturated carbocycles. The van der Waals surface area contributed by atoms with Crippen molar-refractivity contribution >= 4 is 21.8 Å². The molecule has 0 aliphatic rings. The average molecular weight is 239 g/mol. The average Bonchev–Trinajstić information content (AvgIpc) is 2.29. The summed E-state index contributed by atoms with van der Waals surface area (Å²) < 4.78 is 0. The molecule has 0 radical (unpaired) electrons. The van der Waals surface area contributed by atoms with Crippen molar-refractivity contribution in [3.05, 3.63) is 48.8 Å². The molecule has 2 heterocycles. The summed E-state index contributed by atoms with van der Waals surface area (Å²) in [4.78, 5) is 8.69. The van der Waals surface area contributed by atoms with Crippen LogP contribution < -0.4 is 0 Å². The van der Waals surface area contributed by atoms with E-state index in [0.29, 0.717) is 0 Å². The molecule has 0 fully saturated rings. The molecule has 0 N–H and O–H groups in total. The van der Waals surface area contributed by atoms with E-state index >= 15 is 0 Å². The van der Waals surface area contributed by atoms with Gasteiger partial charge in [0.2, 0.25) is 0 Å². The number of hydrogen-bond acceptors (Lipinski definition) is 2. The van der Waals surface area contributed by atoms with Crippen LogP contribution in [0.1, 0.15) is 0 Å². The van der Waals surface area contributed by atoms with Crippen LogP contribution in [0.15, 0.2) is 48.8 Å². The molecule has 2 aromatic heterocycles. The van der Waals surface area contributed by atoms with Crippen LogP contribution in [-0.4, -0.2) is 9.97 Å². The predicted molar refractivity (Wildman–Crippen MR) is 57.0 cm³/mol. The van der Waals surface area contributed by atoms with Crippen LogP contribution in [-0.2, 0) is 16.5 Å². The summed E-state index contributed by atoms with van der Waals surface area (Å²) in [6.07, 6.45) is 3.60. The van der Waals surface area contributed by atoms with E-state index in [2.05, 4.69) is 34.2 Å². The Labute approximate surface area is 97.3 Å². The van der Waals surface area contributed by atoms with Crippen LogP contribution in [0.2, 0.25) is 0 Å². The van der Waals surface area contributed by atoms with Gasteiger partial charge in [-0.3, -0.25) is 9.97 Å². The molecule has 15 heavy (non-hydrogen) atoms. The molecule has 3 rings (SSSR count). The van der Waals surface area contributed by atoms with Crippen molar-refractivity contribution in [1.29, 1.82) is 0 Å². The third-order valence-electron chi connectivity index (χ3n) is 2.34. The first-order chi connectivity index (χ1) is 6.95. The van der Waals surface area contributed by atoms with Gasteiger partial charge in [0.15, 0.2) is 0 Å². The van der Waals surface area contributed by atoms with Crippen LogP contribution >= 0.6 is 0 Å². The molecular formula is C12H8N2Ni. The molecule has 0 unspecified atom stereocenters. The standard InChI is InChI=1S/C12H8N2.Ni/c1-3-9-5-6-10-4-2-8-14-12(10)11(9)13-7-1;/h1-8H;. The van der Waals surface area contributed by atoms with Crippen molar-refractivity contribution in [2.24, 2.45) is 0 Å². The smallest absolute Gasteiger partial charge is 0.0964 e. The molecule has 0 bridgehead atoms.